The Morgan fingerprint density at radius 1 is 1.56 bits per heavy atom. The predicted molar refractivity (Wildman–Crippen MR) is 70.7 cm³/mol. The fourth-order valence-corrected chi connectivity index (χ4v) is 2.59. The van der Waals surface area contributed by atoms with Crippen molar-refractivity contribution in [3.05, 3.63) is 34.0 Å². The van der Waals surface area contributed by atoms with Crippen LogP contribution in [0.4, 0.5) is 0 Å². The van der Waals surface area contributed by atoms with E-state index in [1.807, 2.05) is 33.0 Å². The summed E-state index contributed by atoms with van der Waals surface area (Å²) in [5, 5.41) is 7.99. The van der Waals surface area contributed by atoms with Gasteiger partial charge in [-0.2, -0.15) is 5.10 Å². The second kappa shape index (κ2) is 5.30. The molecule has 5 nitrogen and oxygen atoms in total. The van der Waals surface area contributed by atoms with Gasteiger partial charge in [0.2, 0.25) is 0 Å². The minimum absolute atomic E-state index is 0.0270. The summed E-state index contributed by atoms with van der Waals surface area (Å²) in [5.74, 6) is -0.0576. The van der Waals surface area contributed by atoms with Crippen molar-refractivity contribution in [2.24, 2.45) is 0 Å². The number of thiazole rings is 1. The molecule has 0 saturated heterocycles. The zero-order chi connectivity index (χ0) is 13.1. The first kappa shape index (κ1) is 12.8. The molecule has 0 bridgehead atoms. The molecule has 0 radical (unpaired) electrons. The van der Waals surface area contributed by atoms with Crippen molar-refractivity contribution >= 4 is 17.2 Å². The first-order chi connectivity index (χ1) is 8.56. The van der Waals surface area contributed by atoms with Crippen LogP contribution in [0.15, 0.2) is 18.5 Å². The zero-order valence-corrected chi connectivity index (χ0v) is 11.5. The third-order valence-corrected chi connectivity index (χ3v) is 3.58. The summed E-state index contributed by atoms with van der Waals surface area (Å²) in [6.45, 7) is 6.39. The maximum absolute atomic E-state index is 12.0. The molecule has 0 aliphatic heterocycles. The second-order valence-corrected chi connectivity index (χ2v) is 5.45. The molecule has 96 valence electrons. The fraction of sp³-hybridized carbons (Fsp3) is 0.417. The van der Waals surface area contributed by atoms with Gasteiger partial charge >= 0.3 is 0 Å². The molecular formula is C12H16N4OS. The van der Waals surface area contributed by atoms with E-state index in [0.717, 1.165) is 10.7 Å². The van der Waals surface area contributed by atoms with E-state index < -0.39 is 0 Å². The van der Waals surface area contributed by atoms with E-state index in [1.165, 1.54) is 11.3 Å². The van der Waals surface area contributed by atoms with Crippen molar-refractivity contribution in [3.8, 4) is 0 Å². The average Bonchev–Trinajstić information content (AvgIpc) is 2.88. The Balaban J connectivity index is 1.97. The van der Waals surface area contributed by atoms with Crippen LogP contribution >= 0.6 is 11.3 Å². The zero-order valence-electron chi connectivity index (χ0n) is 10.7. The van der Waals surface area contributed by atoms with E-state index in [4.69, 9.17) is 0 Å². The molecule has 1 atom stereocenters. The van der Waals surface area contributed by atoms with Gasteiger partial charge < -0.3 is 5.32 Å². The van der Waals surface area contributed by atoms with Crippen LogP contribution in [-0.4, -0.2) is 26.7 Å². The lowest BCUT2D eigenvalue weighted by atomic mass is 10.3. The first-order valence-corrected chi connectivity index (χ1v) is 6.60. The number of carbonyl (C=O) groups is 1. The molecule has 0 aliphatic rings. The van der Waals surface area contributed by atoms with Gasteiger partial charge in [0, 0.05) is 18.4 Å². The number of aryl methyl sites for hydroxylation is 2. The highest BCUT2D eigenvalue weighted by Crippen LogP contribution is 2.16. The molecule has 18 heavy (non-hydrogen) atoms. The molecule has 0 fully saturated rings. The number of hydrogen-bond acceptors (Lipinski definition) is 4. The topological polar surface area (TPSA) is 59.8 Å². The van der Waals surface area contributed by atoms with Gasteiger partial charge in [0.15, 0.2) is 0 Å². The molecule has 0 unspecified atom stereocenters. The van der Waals surface area contributed by atoms with Crippen molar-refractivity contribution < 1.29 is 4.79 Å². The van der Waals surface area contributed by atoms with Gasteiger partial charge in [-0.05, 0) is 26.8 Å². The van der Waals surface area contributed by atoms with Crippen LogP contribution in [0.1, 0.15) is 27.3 Å². The molecule has 6 heteroatoms. The second-order valence-electron chi connectivity index (χ2n) is 4.25. The van der Waals surface area contributed by atoms with Crippen molar-refractivity contribution in [1.82, 2.24) is 20.1 Å². The Morgan fingerprint density at radius 3 is 2.89 bits per heavy atom. The lowest BCUT2D eigenvalue weighted by Gasteiger charge is -2.13. The molecule has 0 aromatic carbocycles. The highest BCUT2D eigenvalue weighted by molar-refractivity contribution is 7.13. The smallest absolute Gasteiger partial charge is 0.263 e. The van der Waals surface area contributed by atoms with Gasteiger partial charge in [-0.3, -0.25) is 9.48 Å². The largest absolute Gasteiger partial charge is 0.347 e. The van der Waals surface area contributed by atoms with Gasteiger partial charge in [0.1, 0.15) is 4.88 Å². The molecule has 0 saturated carbocycles. The van der Waals surface area contributed by atoms with Gasteiger partial charge in [-0.25, -0.2) is 4.98 Å². The fourth-order valence-electron chi connectivity index (χ4n) is 1.77. The van der Waals surface area contributed by atoms with E-state index in [0.29, 0.717) is 11.4 Å². The van der Waals surface area contributed by atoms with Crippen LogP contribution in [0.3, 0.4) is 0 Å². The third kappa shape index (κ3) is 2.95. The Kier molecular flexibility index (Phi) is 3.76. The Bertz CT molecular complexity index is 532. The van der Waals surface area contributed by atoms with Gasteiger partial charge in [0.05, 0.1) is 17.2 Å². The predicted octanol–water partition coefficient (Wildman–Crippen LogP) is 1.77. The summed E-state index contributed by atoms with van der Waals surface area (Å²) in [7, 11) is 0. The molecule has 1 amide bonds. The summed E-state index contributed by atoms with van der Waals surface area (Å²) in [4.78, 5) is 17.0. The highest BCUT2D eigenvalue weighted by atomic mass is 32.1. The molecule has 2 aromatic heterocycles. The number of carbonyl (C=O) groups excluding carboxylic acids is 1. The lowest BCUT2D eigenvalue weighted by Crippen LogP contribution is -2.35. The molecule has 2 aromatic rings. The summed E-state index contributed by atoms with van der Waals surface area (Å²) < 4.78 is 1.80. The van der Waals surface area contributed by atoms with Crippen molar-refractivity contribution in [3.63, 3.8) is 0 Å². The Hall–Kier alpha value is -1.69. The van der Waals surface area contributed by atoms with Crippen LogP contribution in [0.25, 0.3) is 0 Å². The monoisotopic (exact) mass is 264 g/mol. The number of amides is 1. The van der Waals surface area contributed by atoms with E-state index in [1.54, 1.807) is 10.9 Å². The summed E-state index contributed by atoms with van der Waals surface area (Å²) in [6, 6.07) is 1.89. The number of hydrogen-bond donors (Lipinski definition) is 1. The van der Waals surface area contributed by atoms with Crippen LogP contribution in [0.5, 0.6) is 0 Å². The quantitative estimate of drug-likeness (QED) is 0.915. The molecule has 1 N–H and O–H groups in total. The van der Waals surface area contributed by atoms with E-state index in [-0.39, 0.29) is 11.9 Å². The molecule has 2 rings (SSSR count). The van der Waals surface area contributed by atoms with E-state index in [9.17, 15) is 4.79 Å². The van der Waals surface area contributed by atoms with E-state index >= 15 is 0 Å². The molecule has 2 heterocycles. The molecule has 0 spiro atoms. The minimum Gasteiger partial charge on any atom is -0.347 e. The minimum atomic E-state index is -0.0576. The Labute approximate surface area is 110 Å². The van der Waals surface area contributed by atoms with Crippen LogP contribution in [0.2, 0.25) is 0 Å². The Morgan fingerprint density at radius 2 is 2.33 bits per heavy atom. The van der Waals surface area contributed by atoms with Crippen LogP contribution in [-0.2, 0) is 6.54 Å². The van der Waals surface area contributed by atoms with Gasteiger partial charge in [-0.1, -0.05) is 0 Å². The maximum atomic E-state index is 12.0. The average molecular weight is 264 g/mol. The lowest BCUT2D eigenvalue weighted by molar-refractivity contribution is 0.0939. The SMILES string of the molecule is Cc1nc(C)c(C(=O)N[C@H](C)Cn2cccn2)s1. The van der Waals surface area contributed by atoms with Crippen LogP contribution in [0, 0.1) is 13.8 Å². The summed E-state index contributed by atoms with van der Waals surface area (Å²) in [5.41, 5.74) is 0.793. The maximum Gasteiger partial charge on any atom is 0.263 e. The standard InChI is InChI=1S/C12H16N4OS/c1-8(7-16-6-4-5-13-16)14-12(17)11-9(2)15-10(3)18-11/h4-6,8H,7H2,1-3H3,(H,14,17)/t8-/m1/s1. The molecular weight excluding hydrogens is 248 g/mol. The number of aromatic nitrogens is 3. The number of rotatable bonds is 4. The van der Waals surface area contributed by atoms with Gasteiger partial charge in [-0.15, -0.1) is 11.3 Å². The molecule has 0 aliphatic carbocycles. The summed E-state index contributed by atoms with van der Waals surface area (Å²) in [6.07, 6.45) is 3.61. The normalized spacial score (nSPS) is 12.4. The first-order valence-electron chi connectivity index (χ1n) is 5.78. The summed E-state index contributed by atoms with van der Waals surface area (Å²) >= 11 is 1.43. The van der Waals surface area contributed by atoms with Crippen molar-refractivity contribution in [2.45, 2.75) is 33.4 Å². The third-order valence-electron chi connectivity index (χ3n) is 2.51. The van der Waals surface area contributed by atoms with E-state index in [2.05, 4.69) is 15.4 Å². The van der Waals surface area contributed by atoms with Crippen LogP contribution < -0.4 is 5.32 Å². The number of nitrogens with one attached hydrogen (secondary N) is 1. The van der Waals surface area contributed by atoms with Gasteiger partial charge in [0.25, 0.3) is 5.91 Å². The van der Waals surface area contributed by atoms with Crippen molar-refractivity contribution in [1.29, 1.82) is 0 Å². The highest BCUT2D eigenvalue weighted by Gasteiger charge is 2.15. The van der Waals surface area contributed by atoms with Crippen molar-refractivity contribution in [2.75, 3.05) is 0 Å². The number of nitrogens with zero attached hydrogens (tertiary/aromatic N) is 3.